The molecule has 0 saturated heterocycles. The number of rotatable bonds is 5. The molecule has 3 rings (SSSR count). The molecule has 0 saturated carbocycles. The van der Waals surface area contributed by atoms with Crippen LogP contribution in [0.1, 0.15) is 5.56 Å². The summed E-state index contributed by atoms with van der Waals surface area (Å²) in [6.45, 7) is 0.615. The predicted molar refractivity (Wildman–Crippen MR) is 98.5 cm³/mol. The summed E-state index contributed by atoms with van der Waals surface area (Å²) in [5, 5.41) is 3.06. The number of benzene rings is 2. The minimum Gasteiger partial charge on any atom is -0.587 e. The Balaban J connectivity index is 2.11. The first-order valence-corrected chi connectivity index (χ1v) is 9.28. The molecule has 3 aromatic rings. The molecule has 1 atom stereocenters. The molecule has 1 aromatic heterocycles. The second-order valence-electron chi connectivity index (χ2n) is 5.28. The Labute approximate surface area is 152 Å². The van der Waals surface area contributed by atoms with Crippen molar-refractivity contribution in [3.8, 4) is 11.3 Å². The molecule has 124 valence electrons. The van der Waals surface area contributed by atoms with E-state index in [-0.39, 0.29) is 5.82 Å². The van der Waals surface area contributed by atoms with Gasteiger partial charge in [-0.1, -0.05) is 34.1 Å². The summed E-state index contributed by atoms with van der Waals surface area (Å²) in [5.41, 5.74) is 1.97. The van der Waals surface area contributed by atoms with Crippen molar-refractivity contribution in [1.82, 2.24) is 9.29 Å². The van der Waals surface area contributed by atoms with Gasteiger partial charge < -0.3 is 9.87 Å². The van der Waals surface area contributed by atoms with E-state index in [0.29, 0.717) is 22.7 Å². The van der Waals surface area contributed by atoms with Gasteiger partial charge >= 0.3 is 0 Å². The Hall–Kier alpha value is -1.60. The van der Waals surface area contributed by atoms with Crippen molar-refractivity contribution < 1.29 is 8.94 Å². The Bertz CT molecular complexity index is 853. The van der Waals surface area contributed by atoms with E-state index in [4.69, 9.17) is 0 Å². The Morgan fingerprint density at radius 1 is 1.17 bits per heavy atom. The summed E-state index contributed by atoms with van der Waals surface area (Å²) in [7, 11) is 1.84. The molecular formula is C18H16BrFN2OS. The van der Waals surface area contributed by atoms with E-state index in [1.54, 1.807) is 40.5 Å². The lowest BCUT2D eigenvalue weighted by Crippen LogP contribution is -2.14. The van der Waals surface area contributed by atoms with E-state index in [0.717, 1.165) is 10.0 Å². The Morgan fingerprint density at radius 2 is 1.96 bits per heavy atom. The van der Waals surface area contributed by atoms with Crippen molar-refractivity contribution in [2.75, 3.05) is 7.05 Å². The van der Waals surface area contributed by atoms with E-state index < -0.39 is 11.4 Å². The van der Waals surface area contributed by atoms with Crippen LogP contribution in [0.2, 0.25) is 0 Å². The Morgan fingerprint density at radius 3 is 2.67 bits per heavy atom. The molecular weight excluding hydrogens is 391 g/mol. The molecule has 1 N–H and O–H groups in total. The van der Waals surface area contributed by atoms with Crippen molar-refractivity contribution in [1.29, 1.82) is 0 Å². The summed E-state index contributed by atoms with van der Waals surface area (Å²) in [6.07, 6.45) is 1.80. The monoisotopic (exact) mass is 406 g/mol. The van der Waals surface area contributed by atoms with Gasteiger partial charge in [-0.25, -0.2) is 4.39 Å². The van der Waals surface area contributed by atoms with Gasteiger partial charge in [-0.05, 0) is 42.9 Å². The molecule has 2 aromatic carbocycles. The van der Waals surface area contributed by atoms with Crippen molar-refractivity contribution in [3.63, 3.8) is 0 Å². The SMILES string of the molecule is CNCc1cc(-c2ccccc2F)n([S+]([O-])c2cccc(Br)c2)c1. The molecule has 0 aliphatic rings. The molecule has 0 radical (unpaired) electrons. The standard InChI is InChI=1S/C18H16BrFN2OS/c1-21-11-13-9-18(16-7-2-3-8-17(16)20)22(12-13)24(23)15-6-4-5-14(19)10-15/h2-10,12,21H,11H2,1H3. The zero-order valence-electron chi connectivity index (χ0n) is 13.0. The van der Waals surface area contributed by atoms with Crippen LogP contribution in [0.25, 0.3) is 11.3 Å². The van der Waals surface area contributed by atoms with Gasteiger partial charge in [0.05, 0.1) is 6.20 Å². The molecule has 3 nitrogen and oxygen atoms in total. The number of nitrogens with one attached hydrogen (secondary N) is 1. The topological polar surface area (TPSA) is 40.0 Å². The second-order valence-corrected chi connectivity index (χ2v) is 7.55. The lowest BCUT2D eigenvalue weighted by Gasteiger charge is -2.14. The van der Waals surface area contributed by atoms with Gasteiger partial charge in [0, 0.05) is 22.6 Å². The van der Waals surface area contributed by atoms with E-state index in [1.807, 2.05) is 25.2 Å². The summed E-state index contributed by atoms with van der Waals surface area (Å²) in [5.74, 6) is -0.334. The van der Waals surface area contributed by atoms with Gasteiger partial charge in [-0.2, -0.15) is 3.97 Å². The highest BCUT2D eigenvalue weighted by atomic mass is 79.9. The number of hydrogen-bond acceptors (Lipinski definition) is 2. The molecule has 1 heterocycles. The molecule has 0 amide bonds. The lowest BCUT2D eigenvalue weighted by molar-refractivity contribution is 0.586. The van der Waals surface area contributed by atoms with Crippen LogP contribution in [0, 0.1) is 5.82 Å². The number of halogens is 2. The van der Waals surface area contributed by atoms with Crippen molar-refractivity contribution in [2.45, 2.75) is 11.4 Å². The third-order valence-corrected chi connectivity index (χ3v) is 5.36. The van der Waals surface area contributed by atoms with Crippen LogP contribution in [0.4, 0.5) is 4.39 Å². The molecule has 0 bridgehead atoms. The second kappa shape index (κ2) is 7.53. The summed E-state index contributed by atoms with van der Waals surface area (Å²) >= 11 is 1.93. The summed E-state index contributed by atoms with van der Waals surface area (Å²) < 4.78 is 29.7. The molecule has 0 fully saturated rings. The quantitative estimate of drug-likeness (QED) is 0.639. The van der Waals surface area contributed by atoms with Crippen LogP contribution >= 0.6 is 15.9 Å². The fourth-order valence-electron chi connectivity index (χ4n) is 2.49. The summed E-state index contributed by atoms with van der Waals surface area (Å²) in [4.78, 5) is 0.647. The van der Waals surface area contributed by atoms with Gasteiger partial charge in [0.25, 0.3) is 0 Å². The van der Waals surface area contributed by atoms with Crippen LogP contribution in [-0.4, -0.2) is 15.6 Å². The van der Waals surface area contributed by atoms with E-state index >= 15 is 0 Å². The predicted octanol–water partition coefficient (Wildman–Crippen LogP) is 4.35. The molecule has 0 aliphatic heterocycles. The van der Waals surface area contributed by atoms with Crippen molar-refractivity contribution >= 4 is 27.3 Å². The third kappa shape index (κ3) is 3.57. The molecule has 0 spiro atoms. The number of nitrogens with zero attached hydrogens (tertiary/aromatic N) is 1. The van der Waals surface area contributed by atoms with Gasteiger partial charge in [0.1, 0.15) is 22.9 Å². The number of hydrogen-bond donors (Lipinski definition) is 1. The van der Waals surface area contributed by atoms with Crippen molar-refractivity contribution in [2.24, 2.45) is 0 Å². The van der Waals surface area contributed by atoms with Gasteiger partial charge in [-0.3, -0.25) is 0 Å². The minimum atomic E-state index is -1.47. The highest BCUT2D eigenvalue weighted by Crippen LogP contribution is 2.29. The fraction of sp³-hybridized carbons (Fsp3) is 0.111. The maximum Gasteiger partial charge on any atom is 0.181 e. The average Bonchev–Trinajstić information content (AvgIpc) is 2.98. The van der Waals surface area contributed by atoms with E-state index in [2.05, 4.69) is 21.2 Å². The first-order valence-electron chi connectivity index (χ1n) is 7.38. The molecule has 0 aliphatic carbocycles. The van der Waals surface area contributed by atoms with Crippen LogP contribution in [-0.2, 0) is 17.9 Å². The zero-order valence-corrected chi connectivity index (χ0v) is 15.4. The Kier molecular flexibility index (Phi) is 5.40. The molecule has 6 heteroatoms. The van der Waals surface area contributed by atoms with Crippen molar-refractivity contribution in [3.05, 3.63) is 76.6 Å². The van der Waals surface area contributed by atoms with E-state index in [1.165, 1.54) is 6.07 Å². The maximum absolute atomic E-state index is 14.2. The van der Waals surface area contributed by atoms with Crippen LogP contribution < -0.4 is 5.32 Å². The first kappa shape index (κ1) is 17.2. The first-order chi connectivity index (χ1) is 11.6. The fourth-order valence-corrected chi connectivity index (χ4v) is 4.25. The van der Waals surface area contributed by atoms with Crippen LogP contribution in [0.15, 0.2) is 70.2 Å². The minimum absolute atomic E-state index is 0.334. The average molecular weight is 407 g/mol. The maximum atomic E-state index is 14.2. The number of aromatic nitrogens is 1. The smallest absolute Gasteiger partial charge is 0.181 e. The zero-order chi connectivity index (χ0) is 17.1. The highest BCUT2D eigenvalue weighted by Gasteiger charge is 2.22. The molecule has 1 unspecified atom stereocenters. The third-order valence-electron chi connectivity index (χ3n) is 3.55. The normalized spacial score (nSPS) is 12.3. The lowest BCUT2D eigenvalue weighted by atomic mass is 10.1. The molecule has 24 heavy (non-hydrogen) atoms. The van der Waals surface area contributed by atoms with Crippen LogP contribution in [0.3, 0.4) is 0 Å². The largest absolute Gasteiger partial charge is 0.587 e. The van der Waals surface area contributed by atoms with Gasteiger partial charge in [0.2, 0.25) is 0 Å². The summed E-state index contributed by atoms with van der Waals surface area (Å²) in [6, 6.07) is 15.7. The van der Waals surface area contributed by atoms with Crippen LogP contribution in [0.5, 0.6) is 0 Å². The van der Waals surface area contributed by atoms with Gasteiger partial charge in [-0.15, -0.1) is 0 Å². The highest BCUT2D eigenvalue weighted by molar-refractivity contribution is 9.10. The van der Waals surface area contributed by atoms with Gasteiger partial charge in [0.15, 0.2) is 4.90 Å². The van der Waals surface area contributed by atoms with E-state index in [9.17, 15) is 8.94 Å².